The van der Waals surface area contributed by atoms with Gasteiger partial charge in [0.1, 0.15) is 42.0 Å². The lowest BCUT2D eigenvalue weighted by molar-refractivity contribution is -0.155. The third-order valence-electron chi connectivity index (χ3n) is 15.3. The van der Waals surface area contributed by atoms with Crippen molar-refractivity contribution in [3.8, 4) is 39.6 Å². The SMILES string of the molecule is CCn1c(-c2cc(Oc3cccnc3)cnc2[C@H](C)OC)c2c3cc(ccc31)-c1cc3cc(c1)OC[C@@H]1[C@H](CCN1C(=O)C(C)(C)F)C(=O)N(C)[C@@H](C(C)C)C(=O)N[C@@H](C3)C(=O)N1CCC[C@H](N1)C(=O)OCC(C)(C)C2. The van der Waals surface area contributed by atoms with Gasteiger partial charge in [0.2, 0.25) is 11.8 Å². The second-order valence-corrected chi connectivity index (χ2v) is 22.4. The van der Waals surface area contributed by atoms with E-state index in [0.29, 0.717) is 54.3 Å². The smallest absolute Gasteiger partial charge is 0.324 e. The Morgan fingerprint density at radius 2 is 1.74 bits per heavy atom. The Kier molecular flexibility index (Phi) is 15.3. The van der Waals surface area contributed by atoms with Crippen LogP contribution >= 0.6 is 0 Å². The van der Waals surface area contributed by atoms with Crippen LogP contribution in [0.1, 0.15) is 97.6 Å². The molecule has 8 bridgehead atoms. The van der Waals surface area contributed by atoms with Crippen molar-refractivity contribution in [3.05, 3.63) is 90.0 Å². The van der Waals surface area contributed by atoms with E-state index in [9.17, 15) is 24.0 Å². The van der Waals surface area contributed by atoms with E-state index >= 15 is 4.39 Å². The zero-order valence-electron chi connectivity index (χ0n) is 45.3. The predicted molar refractivity (Wildman–Crippen MR) is 284 cm³/mol. The Labute approximate surface area is 443 Å². The molecule has 5 aromatic rings. The predicted octanol–water partition coefficient (Wildman–Crippen LogP) is 7.77. The highest BCUT2D eigenvalue weighted by atomic mass is 19.1. The Bertz CT molecular complexity index is 3030. The molecule has 0 saturated carbocycles. The van der Waals surface area contributed by atoms with E-state index in [-0.39, 0.29) is 39.1 Å². The molecule has 3 aromatic heterocycles. The number of likely N-dealkylation sites (N-methyl/N-ethyl adjacent to an activating group) is 1. The van der Waals surface area contributed by atoms with Crippen LogP contribution in [0.4, 0.5) is 4.39 Å². The van der Waals surface area contributed by atoms with Gasteiger partial charge in [-0.3, -0.25) is 38.9 Å². The van der Waals surface area contributed by atoms with Gasteiger partial charge in [0.05, 0.1) is 48.5 Å². The first kappa shape index (κ1) is 53.9. The fourth-order valence-electron chi connectivity index (χ4n) is 11.5. The van der Waals surface area contributed by atoms with Crippen molar-refractivity contribution in [2.45, 2.75) is 130 Å². The molecule has 404 valence electrons. The quantitative estimate of drug-likeness (QED) is 0.144. The fraction of sp³-hybridized carbons (Fsp3) is 0.500. The van der Waals surface area contributed by atoms with E-state index in [0.717, 1.165) is 38.9 Å². The third kappa shape index (κ3) is 10.9. The second kappa shape index (κ2) is 21.6. The average Bonchev–Trinajstić information content (AvgIpc) is 4.04. The molecule has 0 spiro atoms. The number of hydrogen-bond acceptors (Lipinski definition) is 12. The van der Waals surface area contributed by atoms with Gasteiger partial charge in [0, 0.05) is 68.3 Å². The molecule has 9 rings (SSSR count). The van der Waals surface area contributed by atoms with Crippen molar-refractivity contribution in [3.63, 3.8) is 0 Å². The number of nitrogens with one attached hydrogen (secondary N) is 2. The van der Waals surface area contributed by atoms with Gasteiger partial charge in [0.15, 0.2) is 5.67 Å². The van der Waals surface area contributed by atoms with Crippen molar-refractivity contribution in [1.29, 1.82) is 0 Å². The van der Waals surface area contributed by atoms with Crippen LogP contribution in [0, 0.1) is 17.3 Å². The highest BCUT2D eigenvalue weighted by Gasteiger charge is 2.48. The topological polar surface area (TPSA) is 187 Å². The van der Waals surface area contributed by atoms with E-state index in [4.69, 9.17) is 23.9 Å². The normalized spacial score (nSPS) is 22.9. The van der Waals surface area contributed by atoms with Gasteiger partial charge in [-0.15, -0.1) is 0 Å². The number of pyridine rings is 2. The summed E-state index contributed by atoms with van der Waals surface area (Å²) in [6.07, 6.45) is 6.18. The minimum atomic E-state index is -2.22. The van der Waals surface area contributed by atoms with Gasteiger partial charge in [-0.05, 0) is 124 Å². The number of likely N-dealkylation sites (tertiary alicyclic amines) is 1. The lowest BCUT2D eigenvalue weighted by Crippen LogP contribution is -2.62. The lowest BCUT2D eigenvalue weighted by atomic mass is 9.84. The van der Waals surface area contributed by atoms with Crippen LogP contribution in [0.2, 0.25) is 0 Å². The monoisotopic (exact) mass is 1040 g/mol. The summed E-state index contributed by atoms with van der Waals surface area (Å²) in [6.45, 7) is 15.1. The van der Waals surface area contributed by atoms with Gasteiger partial charge in [-0.1, -0.05) is 39.8 Å². The van der Waals surface area contributed by atoms with Crippen LogP contribution in [0.15, 0.2) is 73.2 Å². The number of benzene rings is 2. The summed E-state index contributed by atoms with van der Waals surface area (Å²) in [5.41, 5.74) is 6.80. The highest BCUT2D eigenvalue weighted by molar-refractivity contribution is 5.96. The number of hydrazine groups is 1. The molecule has 0 radical (unpaired) electrons. The molecule has 2 aromatic carbocycles. The van der Waals surface area contributed by atoms with Gasteiger partial charge in [0.25, 0.3) is 11.8 Å². The van der Waals surface area contributed by atoms with Gasteiger partial charge < -0.3 is 38.6 Å². The number of methoxy groups -OCH3 is 1. The maximum absolute atomic E-state index is 15.5. The number of cyclic esters (lactones) is 1. The summed E-state index contributed by atoms with van der Waals surface area (Å²) >= 11 is 0. The fourth-order valence-corrected chi connectivity index (χ4v) is 11.5. The summed E-state index contributed by atoms with van der Waals surface area (Å²) in [4.78, 5) is 84.3. The first-order valence-electron chi connectivity index (χ1n) is 26.5. The summed E-state index contributed by atoms with van der Waals surface area (Å²) < 4.78 is 43.0. The number of carbonyl (C=O) groups is 5. The first-order chi connectivity index (χ1) is 36.2. The lowest BCUT2D eigenvalue weighted by Gasteiger charge is -2.38. The summed E-state index contributed by atoms with van der Waals surface area (Å²) in [5, 5.41) is 5.38. The molecule has 0 unspecified atom stereocenters. The van der Waals surface area contributed by atoms with Crippen molar-refractivity contribution >= 4 is 40.5 Å². The number of aromatic nitrogens is 3. The molecule has 4 aliphatic heterocycles. The molecule has 2 N–H and O–H groups in total. The van der Waals surface area contributed by atoms with Crippen LogP contribution < -0.4 is 20.2 Å². The van der Waals surface area contributed by atoms with Crippen molar-refractivity contribution in [2.75, 3.05) is 40.5 Å². The van der Waals surface area contributed by atoms with Crippen molar-refractivity contribution < 1.29 is 47.3 Å². The molecule has 2 saturated heterocycles. The van der Waals surface area contributed by atoms with E-state index in [1.165, 1.54) is 28.7 Å². The van der Waals surface area contributed by atoms with Crippen molar-refractivity contribution in [2.24, 2.45) is 17.3 Å². The molecular formula is C58H71FN8O9. The number of alkyl halides is 1. The second-order valence-electron chi connectivity index (χ2n) is 22.4. The largest absolute Gasteiger partial charge is 0.491 e. The van der Waals surface area contributed by atoms with E-state index in [2.05, 4.69) is 53.2 Å². The highest BCUT2D eigenvalue weighted by Crippen LogP contribution is 2.44. The molecule has 4 amide bonds. The van der Waals surface area contributed by atoms with Gasteiger partial charge >= 0.3 is 5.97 Å². The number of amides is 4. The van der Waals surface area contributed by atoms with Gasteiger partial charge in [-0.2, -0.15) is 0 Å². The minimum Gasteiger partial charge on any atom is -0.491 e. The number of halogens is 1. The van der Waals surface area contributed by atoms with Crippen LogP contribution in [-0.4, -0.2) is 129 Å². The minimum absolute atomic E-state index is 0.000206. The number of ether oxygens (including phenoxy) is 4. The standard InChI is InChI=1S/C58H71FN8O9/c1-11-65-47-17-16-36-26-42(47)44(51(65)43-27-40(30-61-49(43)34(4)73-10)76-38-14-12-19-60-29-38)28-57(5,6)32-75-55(71)45-15-13-20-67(63-45)54(70)46-24-35-22-37(36)25-39(23-35)74-31-48-41(18-21-66(48)56(72)58(7,8)59)53(69)64(9)50(33(2)3)52(68)62-46/h12,14,16-17,19,22-23,25-27,29-30,33-34,41,45-46,48,50,63H,11,13,15,18,20-21,24,28,31-32H2,1-10H3,(H,62,68)/t34-,41-,45-,46-,48+,50-/m0/s1. The van der Waals surface area contributed by atoms with Crippen molar-refractivity contribution in [1.82, 2.24) is 40.1 Å². The van der Waals surface area contributed by atoms with E-state index < -0.39 is 82.8 Å². The number of carbonyl (C=O) groups excluding carboxylic acids is 5. The summed E-state index contributed by atoms with van der Waals surface area (Å²) in [7, 11) is 3.20. The molecule has 7 heterocycles. The number of hydrogen-bond donors (Lipinski definition) is 2. The Hall–Kier alpha value is -6.92. The number of aryl methyl sites for hydroxylation is 1. The number of esters is 1. The van der Waals surface area contributed by atoms with Crippen LogP contribution in [0.3, 0.4) is 0 Å². The molecule has 0 aliphatic carbocycles. The number of nitrogens with zero attached hydrogens (tertiary/aromatic N) is 6. The van der Waals surface area contributed by atoms with E-state index in [1.54, 1.807) is 44.9 Å². The zero-order chi connectivity index (χ0) is 54.4. The summed E-state index contributed by atoms with van der Waals surface area (Å²) in [5.74, 6) is -2.46. The summed E-state index contributed by atoms with van der Waals surface area (Å²) in [6, 6.07) is 13.7. The molecule has 6 atom stereocenters. The Balaban J connectivity index is 1.26. The molecule has 76 heavy (non-hydrogen) atoms. The molecule has 4 aliphatic rings. The number of rotatable bonds is 8. The molecular weight excluding hydrogens is 972 g/mol. The third-order valence-corrected chi connectivity index (χ3v) is 15.3. The number of fused-ring (bicyclic) bond motifs is 8. The van der Waals surface area contributed by atoms with Crippen LogP contribution in [0.25, 0.3) is 33.3 Å². The maximum Gasteiger partial charge on any atom is 0.324 e. The average molecular weight is 1040 g/mol. The maximum atomic E-state index is 15.5. The van der Waals surface area contributed by atoms with Crippen LogP contribution in [0.5, 0.6) is 17.2 Å². The molecule has 17 nitrogen and oxygen atoms in total. The van der Waals surface area contributed by atoms with Crippen LogP contribution in [-0.2, 0) is 52.8 Å². The molecule has 2 fully saturated rings. The molecule has 18 heteroatoms. The zero-order valence-corrected chi connectivity index (χ0v) is 45.3. The first-order valence-corrected chi connectivity index (χ1v) is 26.5. The van der Waals surface area contributed by atoms with Gasteiger partial charge in [-0.25, -0.2) is 9.82 Å². The Morgan fingerprint density at radius 3 is 2.45 bits per heavy atom. The van der Waals surface area contributed by atoms with E-state index in [1.807, 2.05) is 51.1 Å². The Morgan fingerprint density at radius 1 is 0.947 bits per heavy atom.